The highest BCUT2D eigenvalue weighted by Crippen LogP contribution is 2.33. The Morgan fingerprint density at radius 1 is 1.00 bits per heavy atom. The molecule has 4 heteroatoms. The minimum atomic E-state index is 0. The first kappa shape index (κ1) is 12.4. The van der Waals surface area contributed by atoms with E-state index < -0.39 is 0 Å². The number of carbonyl (C=O) groups excluding carboxylic acids is 1. The van der Waals surface area contributed by atoms with Crippen LogP contribution in [-0.2, 0) is 0 Å². The van der Waals surface area contributed by atoms with Gasteiger partial charge in [0.1, 0.15) is 18.7 Å². The summed E-state index contributed by atoms with van der Waals surface area (Å²) in [6.07, 6.45) is 4.99. The summed E-state index contributed by atoms with van der Waals surface area (Å²) in [7, 11) is 0. The molecular formula is C13H17ClN2O. The lowest BCUT2D eigenvalue weighted by Crippen LogP contribution is -3.00. The number of nitrogens with one attached hydrogen (secondary N) is 1. The number of fused-ring (bicyclic) bond motifs is 2. The average molecular weight is 253 g/mol. The Morgan fingerprint density at radius 2 is 1.65 bits per heavy atom. The molecule has 1 aromatic rings. The zero-order valence-electron chi connectivity index (χ0n) is 9.79. The molecule has 0 unspecified atom stereocenters. The minimum absolute atomic E-state index is 0. The maximum Gasteiger partial charge on any atom is 0.302 e. The second kappa shape index (κ2) is 4.67. The van der Waals surface area contributed by atoms with Crippen molar-refractivity contribution in [3.05, 3.63) is 29.8 Å². The van der Waals surface area contributed by atoms with Crippen LogP contribution in [0.4, 0.5) is 5.69 Å². The van der Waals surface area contributed by atoms with E-state index in [2.05, 4.69) is 11.5 Å². The molecule has 0 atom stereocenters. The summed E-state index contributed by atoms with van der Waals surface area (Å²) < 4.78 is 0.689. The zero-order valence-corrected chi connectivity index (χ0v) is 10.5. The van der Waals surface area contributed by atoms with E-state index in [1.165, 1.54) is 31.4 Å². The molecule has 1 saturated heterocycles. The summed E-state index contributed by atoms with van der Waals surface area (Å²) in [6, 6.07) is 8.00. The zero-order chi connectivity index (χ0) is 11.0. The lowest BCUT2D eigenvalue weighted by Gasteiger charge is -2.31. The lowest BCUT2D eigenvalue weighted by atomic mass is 10.1. The molecule has 2 aliphatic rings. The molecule has 17 heavy (non-hydrogen) atoms. The van der Waals surface area contributed by atoms with Crippen molar-refractivity contribution in [3.8, 4) is 0 Å². The van der Waals surface area contributed by atoms with E-state index in [-0.39, 0.29) is 18.3 Å². The van der Waals surface area contributed by atoms with Gasteiger partial charge in [0.25, 0.3) is 0 Å². The molecule has 0 aromatic heterocycles. The van der Waals surface area contributed by atoms with Crippen molar-refractivity contribution in [1.82, 2.24) is 10.0 Å². The fraction of sp³-hybridized carbons (Fsp3) is 0.462. The van der Waals surface area contributed by atoms with Crippen molar-refractivity contribution in [2.24, 2.45) is 0 Å². The first-order valence-corrected chi connectivity index (χ1v) is 6.11. The molecule has 0 aliphatic carbocycles. The van der Waals surface area contributed by atoms with Crippen LogP contribution in [0.25, 0.3) is 0 Å². The van der Waals surface area contributed by atoms with Gasteiger partial charge >= 0.3 is 5.91 Å². The molecule has 0 saturated carbocycles. The number of hydrogen-bond acceptors (Lipinski definition) is 1. The largest absolute Gasteiger partial charge is 1.00 e. The van der Waals surface area contributed by atoms with Crippen molar-refractivity contribution < 1.29 is 17.2 Å². The van der Waals surface area contributed by atoms with E-state index in [4.69, 9.17) is 0 Å². The van der Waals surface area contributed by atoms with Gasteiger partial charge in [0, 0.05) is 6.07 Å². The van der Waals surface area contributed by atoms with Crippen LogP contribution in [0.15, 0.2) is 24.3 Å². The van der Waals surface area contributed by atoms with Gasteiger partial charge in [-0.1, -0.05) is 12.1 Å². The van der Waals surface area contributed by atoms with Gasteiger partial charge in [-0.25, -0.2) is 0 Å². The van der Waals surface area contributed by atoms with Gasteiger partial charge < -0.3 is 12.4 Å². The van der Waals surface area contributed by atoms with E-state index >= 15 is 0 Å². The third kappa shape index (κ3) is 1.94. The van der Waals surface area contributed by atoms with Gasteiger partial charge in [-0.15, -0.1) is 0 Å². The van der Waals surface area contributed by atoms with Crippen LogP contribution < -0.4 is 22.4 Å². The van der Waals surface area contributed by atoms with Gasteiger partial charge in [0.2, 0.25) is 0 Å². The van der Waals surface area contributed by atoms with Crippen LogP contribution in [-0.4, -0.2) is 19.0 Å². The summed E-state index contributed by atoms with van der Waals surface area (Å²) in [6.45, 7) is 2.09. The maximum absolute atomic E-state index is 11.9. The third-order valence-corrected chi connectivity index (χ3v) is 3.76. The van der Waals surface area contributed by atoms with E-state index in [0.717, 1.165) is 18.7 Å². The summed E-state index contributed by atoms with van der Waals surface area (Å²) in [4.78, 5) is 11.9. The highest BCUT2D eigenvalue weighted by Gasteiger charge is 2.43. The number of carbonyl (C=O) groups is 1. The SMILES string of the molecule is O=C1N[N+]2(CCCCCC2)c2ccccc21.[Cl-]. The van der Waals surface area contributed by atoms with Crippen LogP contribution in [0.2, 0.25) is 0 Å². The smallest absolute Gasteiger partial charge is 0.302 e. The molecule has 2 aliphatic heterocycles. The van der Waals surface area contributed by atoms with Crippen molar-refractivity contribution in [2.45, 2.75) is 25.7 Å². The van der Waals surface area contributed by atoms with Crippen molar-refractivity contribution in [2.75, 3.05) is 13.1 Å². The van der Waals surface area contributed by atoms with Crippen molar-refractivity contribution in [1.29, 1.82) is 0 Å². The summed E-state index contributed by atoms with van der Waals surface area (Å²) in [5, 5.41) is 0. The van der Waals surface area contributed by atoms with Crippen LogP contribution in [0.1, 0.15) is 36.0 Å². The minimum Gasteiger partial charge on any atom is -1.00 e. The Labute approximate surface area is 108 Å². The van der Waals surface area contributed by atoms with Crippen molar-refractivity contribution in [3.63, 3.8) is 0 Å². The number of halogens is 1. The second-order valence-electron chi connectivity index (χ2n) is 4.79. The molecule has 0 radical (unpaired) electrons. The quantitative estimate of drug-likeness (QED) is 0.604. The van der Waals surface area contributed by atoms with Crippen molar-refractivity contribution >= 4 is 11.6 Å². The lowest BCUT2D eigenvalue weighted by molar-refractivity contribution is -0.0000129. The van der Waals surface area contributed by atoms with Gasteiger partial charge in [-0.3, -0.25) is 4.79 Å². The fourth-order valence-corrected chi connectivity index (χ4v) is 2.94. The van der Waals surface area contributed by atoms with E-state index in [1.807, 2.05) is 18.2 Å². The predicted octanol–water partition coefficient (Wildman–Crippen LogP) is -0.770. The number of quaternary nitrogens is 1. The highest BCUT2D eigenvalue weighted by molar-refractivity contribution is 6.03. The van der Waals surface area contributed by atoms with Crippen LogP contribution in [0, 0.1) is 0 Å². The maximum atomic E-state index is 11.9. The number of benzene rings is 1. The Bertz CT molecular complexity index is 425. The molecular weight excluding hydrogens is 236 g/mol. The van der Waals surface area contributed by atoms with Gasteiger partial charge in [0.15, 0.2) is 5.69 Å². The Hall–Kier alpha value is -1.06. The Morgan fingerprint density at radius 3 is 2.35 bits per heavy atom. The number of nitrogens with zero attached hydrogens (tertiary/aromatic N) is 1. The van der Waals surface area contributed by atoms with E-state index in [0.29, 0.717) is 4.59 Å². The molecule has 1 aromatic carbocycles. The monoisotopic (exact) mass is 252 g/mol. The van der Waals surface area contributed by atoms with Gasteiger partial charge in [-0.2, -0.15) is 10.0 Å². The number of rotatable bonds is 0. The molecule has 0 bridgehead atoms. The molecule has 1 N–H and O–H groups in total. The molecule has 3 nitrogen and oxygen atoms in total. The standard InChI is InChI=1S/C13H16N2O.ClH/c16-13-11-7-3-4-8-12(11)15(14-13)9-5-1-2-6-10-15;/h3-4,7-8H,1-2,5-6,9-10H2;1H. The number of hydrogen-bond donors (Lipinski definition) is 1. The van der Waals surface area contributed by atoms with E-state index in [9.17, 15) is 4.79 Å². The summed E-state index contributed by atoms with van der Waals surface area (Å²) in [5.74, 6) is 0.0949. The topological polar surface area (TPSA) is 29.1 Å². The normalized spacial score (nSPS) is 21.3. The second-order valence-corrected chi connectivity index (χ2v) is 4.79. The Kier molecular flexibility index (Phi) is 3.40. The first-order chi connectivity index (χ1) is 7.82. The van der Waals surface area contributed by atoms with Gasteiger partial charge in [-0.05, 0) is 31.7 Å². The molecule has 1 fully saturated rings. The average Bonchev–Trinajstić information content (AvgIpc) is 2.49. The molecule has 92 valence electrons. The predicted molar refractivity (Wildman–Crippen MR) is 63.9 cm³/mol. The van der Waals surface area contributed by atoms with Crippen LogP contribution in [0.5, 0.6) is 0 Å². The molecule has 2 heterocycles. The number of para-hydroxylation sites is 1. The highest BCUT2D eigenvalue weighted by atomic mass is 35.5. The third-order valence-electron chi connectivity index (χ3n) is 3.76. The van der Waals surface area contributed by atoms with Gasteiger partial charge in [0.05, 0.1) is 0 Å². The first-order valence-electron chi connectivity index (χ1n) is 6.11. The van der Waals surface area contributed by atoms with Crippen LogP contribution in [0.3, 0.4) is 0 Å². The van der Waals surface area contributed by atoms with E-state index in [1.54, 1.807) is 0 Å². The Balaban J connectivity index is 0.00000108. The molecule has 3 rings (SSSR count). The summed E-state index contributed by atoms with van der Waals surface area (Å²) in [5.41, 5.74) is 5.21. The number of amides is 1. The molecule has 1 amide bonds. The van der Waals surface area contributed by atoms with Crippen LogP contribution >= 0.6 is 0 Å². The summed E-state index contributed by atoms with van der Waals surface area (Å²) >= 11 is 0. The molecule has 1 spiro atoms. The fourth-order valence-electron chi connectivity index (χ4n) is 2.94.